The maximum Gasteiger partial charge on any atom is 0.126 e. The Balaban J connectivity index is 1.65. The van der Waals surface area contributed by atoms with Gasteiger partial charge in [0, 0.05) is 30.1 Å². The lowest BCUT2D eigenvalue weighted by atomic mass is 9.71. The van der Waals surface area contributed by atoms with Crippen molar-refractivity contribution in [3.63, 3.8) is 0 Å². The maximum atomic E-state index is 13.9. The molecule has 1 aliphatic rings. The van der Waals surface area contributed by atoms with Crippen LogP contribution in [0.2, 0.25) is 5.02 Å². The molecule has 0 bridgehead atoms. The van der Waals surface area contributed by atoms with E-state index in [0.717, 1.165) is 17.2 Å². The number of aliphatic hydroxyl groups is 1. The minimum absolute atomic E-state index is 0.000139. The molecule has 1 aliphatic heterocycles. The summed E-state index contributed by atoms with van der Waals surface area (Å²) in [5, 5.41) is 20.9. The molecule has 3 aromatic rings. The molecule has 1 fully saturated rings. The van der Waals surface area contributed by atoms with Gasteiger partial charge in [-0.2, -0.15) is 5.26 Å². The maximum absolute atomic E-state index is 13.9. The molecule has 1 N–H and O–H groups in total. The number of hydrogen-bond acceptors (Lipinski definition) is 3. The van der Waals surface area contributed by atoms with Crippen molar-refractivity contribution in [3.8, 4) is 6.07 Å². The average molecular weight is 467 g/mol. The van der Waals surface area contributed by atoms with Crippen molar-refractivity contribution in [1.29, 1.82) is 5.26 Å². The lowest BCUT2D eigenvalue weighted by Gasteiger charge is -2.50. The monoisotopic (exact) mass is 466 g/mol. The van der Waals surface area contributed by atoms with Crippen LogP contribution in [0.1, 0.15) is 48.1 Å². The minimum atomic E-state index is -1.16. The van der Waals surface area contributed by atoms with Gasteiger partial charge in [-0.1, -0.05) is 35.9 Å². The van der Waals surface area contributed by atoms with E-state index in [9.17, 15) is 19.1 Å². The standard InChI is InChI=1S/C27H25ClF2N2O/c1-27(2,33)25(20-11-23(29)13-24(30)12-20)21-15-32(16-21)26(18-6-8-22(28)9-7-18)19-5-3-4-17(10-19)14-31/h3-13,21,25-26,33H,15-16H2,1-2H3/t25-,26-/m0/s1. The summed E-state index contributed by atoms with van der Waals surface area (Å²) in [6.07, 6.45) is 0. The van der Waals surface area contributed by atoms with E-state index in [1.54, 1.807) is 19.9 Å². The van der Waals surface area contributed by atoms with Crippen LogP contribution in [0.5, 0.6) is 0 Å². The van der Waals surface area contributed by atoms with Crippen molar-refractivity contribution in [1.82, 2.24) is 4.90 Å². The molecule has 6 heteroatoms. The predicted molar refractivity (Wildman–Crippen MR) is 125 cm³/mol. The molecule has 2 atom stereocenters. The first kappa shape index (κ1) is 23.4. The Kier molecular flexibility index (Phi) is 6.54. The van der Waals surface area contributed by atoms with E-state index < -0.39 is 23.2 Å². The van der Waals surface area contributed by atoms with Gasteiger partial charge in [-0.05, 0) is 72.9 Å². The van der Waals surface area contributed by atoms with Gasteiger partial charge < -0.3 is 5.11 Å². The summed E-state index contributed by atoms with van der Waals surface area (Å²) in [6.45, 7) is 4.60. The van der Waals surface area contributed by atoms with Crippen LogP contribution >= 0.6 is 11.6 Å². The van der Waals surface area contributed by atoms with Crippen LogP contribution in [0.4, 0.5) is 8.78 Å². The van der Waals surface area contributed by atoms with Gasteiger partial charge in [0.2, 0.25) is 0 Å². The van der Waals surface area contributed by atoms with Gasteiger partial charge in [-0.15, -0.1) is 0 Å². The second-order valence-electron chi connectivity index (χ2n) is 9.24. The highest BCUT2D eigenvalue weighted by Gasteiger charge is 2.44. The van der Waals surface area contributed by atoms with Crippen LogP contribution in [0.3, 0.4) is 0 Å². The summed E-state index contributed by atoms with van der Waals surface area (Å²) in [6, 6.07) is 20.6. The molecule has 1 saturated heterocycles. The normalized spacial score (nSPS) is 16.6. The van der Waals surface area contributed by atoms with Gasteiger partial charge in [-0.25, -0.2) is 8.78 Å². The van der Waals surface area contributed by atoms with E-state index >= 15 is 0 Å². The molecule has 33 heavy (non-hydrogen) atoms. The van der Waals surface area contributed by atoms with E-state index in [4.69, 9.17) is 11.6 Å². The highest BCUT2D eigenvalue weighted by molar-refractivity contribution is 6.30. The first-order chi connectivity index (χ1) is 15.7. The second-order valence-corrected chi connectivity index (χ2v) is 9.68. The van der Waals surface area contributed by atoms with Crippen molar-refractivity contribution in [2.45, 2.75) is 31.4 Å². The summed E-state index contributed by atoms with van der Waals surface area (Å²) >= 11 is 6.10. The van der Waals surface area contributed by atoms with E-state index in [1.165, 1.54) is 12.1 Å². The number of likely N-dealkylation sites (tertiary alicyclic amines) is 1. The number of halogens is 3. The molecule has 170 valence electrons. The van der Waals surface area contributed by atoms with Crippen molar-refractivity contribution < 1.29 is 13.9 Å². The van der Waals surface area contributed by atoms with E-state index in [1.807, 2.05) is 42.5 Å². The molecule has 0 aromatic heterocycles. The molecule has 0 spiro atoms. The van der Waals surface area contributed by atoms with Gasteiger partial charge in [0.05, 0.1) is 23.3 Å². The summed E-state index contributed by atoms with van der Waals surface area (Å²) in [4.78, 5) is 2.25. The van der Waals surface area contributed by atoms with Crippen molar-refractivity contribution >= 4 is 11.6 Å². The van der Waals surface area contributed by atoms with Crippen LogP contribution < -0.4 is 0 Å². The highest BCUT2D eigenvalue weighted by atomic mass is 35.5. The third-order valence-electron chi connectivity index (χ3n) is 6.30. The topological polar surface area (TPSA) is 47.3 Å². The molecule has 1 heterocycles. The zero-order valence-electron chi connectivity index (χ0n) is 18.5. The largest absolute Gasteiger partial charge is 0.390 e. The van der Waals surface area contributed by atoms with Crippen LogP contribution in [0.25, 0.3) is 0 Å². The number of hydrogen-bond donors (Lipinski definition) is 1. The first-order valence-corrected chi connectivity index (χ1v) is 11.2. The molecule has 0 unspecified atom stereocenters. The van der Waals surface area contributed by atoms with Crippen molar-refractivity contribution in [2.75, 3.05) is 13.1 Å². The molecule has 3 nitrogen and oxygen atoms in total. The number of rotatable bonds is 6. The molecular weight excluding hydrogens is 442 g/mol. The molecular formula is C27H25ClF2N2O. The van der Waals surface area contributed by atoms with Gasteiger partial charge in [-0.3, -0.25) is 4.90 Å². The fourth-order valence-electron chi connectivity index (χ4n) is 5.02. The first-order valence-electron chi connectivity index (χ1n) is 10.8. The van der Waals surface area contributed by atoms with Crippen LogP contribution in [0, 0.1) is 28.9 Å². The average Bonchev–Trinajstić information content (AvgIpc) is 2.72. The predicted octanol–water partition coefficient (Wildman–Crippen LogP) is 6.07. The molecule has 4 rings (SSSR count). The van der Waals surface area contributed by atoms with Gasteiger partial charge in [0.15, 0.2) is 0 Å². The zero-order chi connectivity index (χ0) is 23.8. The molecule has 3 aromatic carbocycles. The Morgan fingerprint density at radius 2 is 1.61 bits per heavy atom. The van der Waals surface area contributed by atoms with Crippen LogP contribution in [-0.4, -0.2) is 28.7 Å². The van der Waals surface area contributed by atoms with Gasteiger partial charge >= 0.3 is 0 Å². The van der Waals surface area contributed by atoms with Crippen molar-refractivity contribution in [2.24, 2.45) is 5.92 Å². The molecule has 0 amide bonds. The van der Waals surface area contributed by atoms with Crippen LogP contribution in [0.15, 0.2) is 66.7 Å². The van der Waals surface area contributed by atoms with E-state index in [2.05, 4.69) is 11.0 Å². The smallest absolute Gasteiger partial charge is 0.126 e. The SMILES string of the molecule is CC(C)(O)[C@@H](c1cc(F)cc(F)c1)C1CN([C@@H](c2ccc(Cl)cc2)c2cccc(C#N)c2)C1. The van der Waals surface area contributed by atoms with E-state index in [-0.39, 0.29) is 12.0 Å². The van der Waals surface area contributed by atoms with E-state index in [0.29, 0.717) is 29.2 Å². The summed E-state index contributed by atoms with van der Waals surface area (Å²) in [7, 11) is 0. The number of nitriles is 1. The van der Waals surface area contributed by atoms with Crippen molar-refractivity contribution in [3.05, 3.63) is 106 Å². The Labute approximate surface area is 197 Å². The number of benzene rings is 3. The lowest BCUT2D eigenvalue weighted by molar-refractivity contribution is -0.0309. The van der Waals surface area contributed by atoms with Gasteiger partial charge in [0.1, 0.15) is 11.6 Å². The fraction of sp³-hybridized carbons (Fsp3) is 0.296. The minimum Gasteiger partial charge on any atom is -0.390 e. The molecule has 0 radical (unpaired) electrons. The van der Waals surface area contributed by atoms with Crippen LogP contribution in [-0.2, 0) is 0 Å². The summed E-state index contributed by atoms with van der Waals surface area (Å²) in [5.74, 6) is -1.74. The Morgan fingerprint density at radius 3 is 2.18 bits per heavy atom. The summed E-state index contributed by atoms with van der Waals surface area (Å²) in [5.41, 5.74) is 1.89. The highest BCUT2D eigenvalue weighted by Crippen LogP contribution is 2.44. The third-order valence-corrected chi connectivity index (χ3v) is 6.55. The Bertz CT molecular complexity index is 1160. The lowest BCUT2D eigenvalue weighted by Crippen LogP contribution is -2.54. The Hall–Kier alpha value is -2.78. The third kappa shape index (κ3) is 5.09. The molecule has 0 aliphatic carbocycles. The van der Waals surface area contributed by atoms with Gasteiger partial charge in [0.25, 0.3) is 0 Å². The quantitative estimate of drug-likeness (QED) is 0.480. The summed E-state index contributed by atoms with van der Waals surface area (Å²) < 4.78 is 27.9. The fourth-order valence-corrected chi connectivity index (χ4v) is 5.15. The Morgan fingerprint density at radius 1 is 0.970 bits per heavy atom. The molecule has 0 saturated carbocycles. The second kappa shape index (κ2) is 9.23. The zero-order valence-corrected chi connectivity index (χ0v) is 19.2. The number of nitrogens with zero attached hydrogens (tertiary/aromatic N) is 2.